The molecule has 0 saturated carbocycles. The third-order valence-electron chi connectivity index (χ3n) is 4.78. The lowest BCUT2D eigenvalue weighted by Crippen LogP contribution is -2.37. The number of carbonyl (C=O) groups excluding carboxylic acids is 2. The van der Waals surface area contributed by atoms with Crippen molar-refractivity contribution in [3.63, 3.8) is 0 Å². The quantitative estimate of drug-likeness (QED) is 0.645. The van der Waals surface area contributed by atoms with E-state index in [1.54, 1.807) is 16.0 Å². The second-order valence-electron chi connectivity index (χ2n) is 8.44. The number of hydrogen-bond donors (Lipinski definition) is 2. The summed E-state index contributed by atoms with van der Waals surface area (Å²) in [7, 11) is 0. The molecular formula is C21H35N5O3. The molecule has 8 nitrogen and oxygen atoms in total. The minimum Gasteiger partial charge on any atom is -0.444 e. The number of hydrogen-bond acceptors (Lipinski definition) is 5. The van der Waals surface area contributed by atoms with Gasteiger partial charge >= 0.3 is 12.1 Å². The summed E-state index contributed by atoms with van der Waals surface area (Å²) < 4.78 is 5.42. The lowest BCUT2D eigenvalue weighted by Gasteiger charge is -2.26. The molecule has 2 rings (SSSR count). The second-order valence-corrected chi connectivity index (χ2v) is 8.44. The Morgan fingerprint density at radius 2 is 1.90 bits per heavy atom. The fourth-order valence-electron chi connectivity index (χ4n) is 3.24. The average Bonchev–Trinajstić information content (AvgIpc) is 3.05. The molecule has 162 valence electrons. The largest absolute Gasteiger partial charge is 0.444 e. The van der Waals surface area contributed by atoms with E-state index in [2.05, 4.69) is 10.3 Å². The van der Waals surface area contributed by atoms with Gasteiger partial charge in [-0.15, -0.1) is 0 Å². The number of nitrogen functional groups attached to an aromatic ring is 1. The number of rotatable bonds is 8. The van der Waals surface area contributed by atoms with Gasteiger partial charge in [0.25, 0.3) is 0 Å². The SMILES string of the molecule is CCN(CCCCCCNC(=O)N1Cc2cnc(N)cc2C1)C(=O)OC(C)(C)C. The zero-order valence-corrected chi connectivity index (χ0v) is 18.2. The number of anilines is 1. The first kappa shape index (κ1) is 22.8. The summed E-state index contributed by atoms with van der Waals surface area (Å²) in [5.74, 6) is 0.485. The minimum absolute atomic E-state index is 0.0538. The fourth-order valence-corrected chi connectivity index (χ4v) is 3.24. The number of unbranched alkanes of at least 4 members (excludes halogenated alkanes) is 3. The topological polar surface area (TPSA) is 101 Å². The maximum atomic E-state index is 12.3. The van der Waals surface area contributed by atoms with Crippen LogP contribution in [0.15, 0.2) is 12.3 Å². The normalized spacial score (nSPS) is 13.2. The molecule has 3 amide bonds. The molecule has 0 atom stereocenters. The molecule has 0 bridgehead atoms. The molecule has 0 aromatic carbocycles. The Bertz CT molecular complexity index is 702. The molecular weight excluding hydrogens is 370 g/mol. The highest BCUT2D eigenvalue weighted by Crippen LogP contribution is 2.23. The van der Waals surface area contributed by atoms with Gasteiger partial charge in [-0.1, -0.05) is 12.8 Å². The first-order valence-electron chi connectivity index (χ1n) is 10.4. The van der Waals surface area contributed by atoms with Crippen LogP contribution in [0.2, 0.25) is 0 Å². The lowest BCUT2D eigenvalue weighted by molar-refractivity contribution is 0.0257. The first-order chi connectivity index (χ1) is 13.7. The van der Waals surface area contributed by atoms with Crippen LogP contribution in [0.5, 0.6) is 0 Å². The van der Waals surface area contributed by atoms with Crippen molar-refractivity contribution >= 4 is 17.9 Å². The summed E-state index contributed by atoms with van der Waals surface area (Å²) in [6.07, 6.45) is 5.35. The number of amides is 3. The van der Waals surface area contributed by atoms with Crippen LogP contribution in [0.25, 0.3) is 0 Å². The molecule has 0 aliphatic carbocycles. The van der Waals surface area contributed by atoms with E-state index in [0.29, 0.717) is 38.5 Å². The molecule has 0 spiro atoms. The van der Waals surface area contributed by atoms with Crippen LogP contribution in [-0.4, -0.2) is 52.1 Å². The molecule has 1 aliphatic rings. The predicted molar refractivity (Wildman–Crippen MR) is 113 cm³/mol. The first-order valence-corrected chi connectivity index (χ1v) is 10.4. The van der Waals surface area contributed by atoms with Crippen molar-refractivity contribution in [3.05, 3.63) is 23.4 Å². The van der Waals surface area contributed by atoms with E-state index in [1.165, 1.54) is 0 Å². The highest BCUT2D eigenvalue weighted by Gasteiger charge is 2.23. The van der Waals surface area contributed by atoms with Crippen LogP contribution in [-0.2, 0) is 17.8 Å². The second kappa shape index (κ2) is 10.3. The Morgan fingerprint density at radius 1 is 1.21 bits per heavy atom. The summed E-state index contributed by atoms with van der Waals surface area (Å²) in [6, 6.07) is 1.78. The number of ether oxygens (including phenoxy) is 1. The zero-order valence-electron chi connectivity index (χ0n) is 18.2. The highest BCUT2D eigenvalue weighted by atomic mass is 16.6. The maximum absolute atomic E-state index is 12.3. The van der Waals surface area contributed by atoms with Crippen molar-refractivity contribution in [2.24, 2.45) is 0 Å². The number of pyridine rings is 1. The number of nitrogens with one attached hydrogen (secondary N) is 1. The molecule has 0 unspecified atom stereocenters. The number of fused-ring (bicyclic) bond motifs is 1. The molecule has 2 heterocycles. The van der Waals surface area contributed by atoms with Crippen LogP contribution in [0, 0.1) is 0 Å². The van der Waals surface area contributed by atoms with Crippen LogP contribution < -0.4 is 11.1 Å². The number of nitrogens with two attached hydrogens (primary N) is 1. The van der Waals surface area contributed by atoms with Crippen LogP contribution in [0.4, 0.5) is 15.4 Å². The van der Waals surface area contributed by atoms with Crippen molar-refractivity contribution in [1.82, 2.24) is 20.1 Å². The maximum Gasteiger partial charge on any atom is 0.410 e. The van der Waals surface area contributed by atoms with Gasteiger partial charge in [0.2, 0.25) is 0 Å². The van der Waals surface area contributed by atoms with Gasteiger partial charge in [-0.25, -0.2) is 14.6 Å². The van der Waals surface area contributed by atoms with Gasteiger partial charge < -0.3 is 25.6 Å². The van der Waals surface area contributed by atoms with Crippen LogP contribution >= 0.6 is 0 Å². The number of aromatic nitrogens is 1. The van der Waals surface area contributed by atoms with Gasteiger partial charge in [0, 0.05) is 38.9 Å². The fraction of sp³-hybridized carbons (Fsp3) is 0.667. The molecule has 3 N–H and O–H groups in total. The van der Waals surface area contributed by atoms with Gasteiger partial charge in [-0.2, -0.15) is 0 Å². The Hall–Kier alpha value is -2.51. The van der Waals surface area contributed by atoms with E-state index in [4.69, 9.17) is 10.5 Å². The smallest absolute Gasteiger partial charge is 0.410 e. The van der Waals surface area contributed by atoms with E-state index >= 15 is 0 Å². The summed E-state index contributed by atoms with van der Waals surface area (Å²) in [5.41, 5.74) is 7.36. The van der Waals surface area contributed by atoms with Crippen LogP contribution in [0.1, 0.15) is 64.5 Å². The van der Waals surface area contributed by atoms with Crippen LogP contribution in [0.3, 0.4) is 0 Å². The van der Waals surface area contributed by atoms with Gasteiger partial charge in [0.05, 0.1) is 0 Å². The molecule has 0 fully saturated rings. The number of carbonyl (C=O) groups is 2. The Morgan fingerprint density at radius 3 is 2.59 bits per heavy atom. The Labute approximate surface area is 173 Å². The molecule has 0 saturated heterocycles. The summed E-state index contributed by atoms with van der Waals surface area (Å²) >= 11 is 0. The van der Waals surface area contributed by atoms with E-state index in [-0.39, 0.29) is 12.1 Å². The number of nitrogens with zero attached hydrogens (tertiary/aromatic N) is 3. The van der Waals surface area contributed by atoms with Crippen molar-refractivity contribution in [2.75, 3.05) is 25.4 Å². The third-order valence-corrected chi connectivity index (χ3v) is 4.78. The molecule has 8 heteroatoms. The minimum atomic E-state index is -0.470. The summed E-state index contributed by atoms with van der Waals surface area (Å²) in [5, 5.41) is 2.98. The third kappa shape index (κ3) is 7.44. The van der Waals surface area contributed by atoms with Crippen molar-refractivity contribution in [3.8, 4) is 0 Å². The lowest BCUT2D eigenvalue weighted by atomic mass is 10.2. The average molecular weight is 406 g/mol. The van der Waals surface area contributed by atoms with E-state index in [1.807, 2.05) is 33.8 Å². The van der Waals surface area contributed by atoms with E-state index in [0.717, 1.165) is 36.8 Å². The number of urea groups is 1. The molecule has 1 aromatic rings. The summed E-state index contributed by atoms with van der Waals surface area (Å²) in [4.78, 5) is 32.0. The molecule has 1 aromatic heterocycles. The predicted octanol–water partition coefficient (Wildman–Crippen LogP) is 3.51. The molecule has 0 radical (unpaired) electrons. The Kier molecular flexibility index (Phi) is 8.10. The van der Waals surface area contributed by atoms with Crippen molar-refractivity contribution < 1.29 is 14.3 Å². The van der Waals surface area contributed by atoms with Crippen molar-refractivity contribution in [2.45, 2.75) is 72.1 Å². The van der Waals surface area contributed by atoms with E-state index in [9.17, 15) is 9.59 Å². The molecule has 29 heavy (non-hydrogen) atoms. The van der Waals surface area contributed by atoms with Gasteiger partial charge in [0.1, 0.15) is 11.4 Å². The van der Waals surface area contributed by atoms with Gasteiger partial charge in [0.15, 0.2) is 0 Å². The monoisotopic (exact) mass is 405 g/mol. The van der Waals surface area contributed by atoms with E-state index < -0.39 is 5.60 Å². The van der Waals surface area contributed by atoms with Gasteiger partial charge in [-0.05, 0) is 57.7 Å². The Balaban J connectivity index is 1.57. The van der Waals surface area contributed by atoms with Crippen molar-refractivity contribution in [1.29, 1.82) is 0 Å². The van der Waals surface area contributed by atoms with Gasteiger partial charge in [-0.3, -0.25) is 0 Å². The molecule has 1 aliphatic heterocycles. The zero-order chi connectivity index (χ0) is 21.4. The highest BCUT2D eigenvalue weighted by molar-refractivity contribution is 5.75. The summed E-state index contributed by atoms with van der Waals surface area (Å²) in [6.45, 7) is 10.7. The standard InChI is InChI=1S/C21H35N5O3/c1-5-25(20(28)29-21(2,3)4)11-9-7-6-8-10-23-19(27)26-14-16-12-18(22)24-13-17(16)15-26/h12-13H,5-11,14-15H2,1-4H3,(H2,22,24)(H,23,27).